The third-order valence-corrected chi connectivity index (χ3v) is 3.05. The maximum absolute atomic E-state index is 11.8. The summed E-state index contributed by atoms with van der Waals surface area (Å²) in [6.45, 7) is 3.64. The Morgan fingerprint density at radius 1 is 0.762 bits per heavy atom. The first kappa shape index (κ1) is 14.6. The summed E-state index contributed by atoms with van der Waals surface area (Å²) in [5, 5.41) is 0. The molecule has 0 aliphatic rings. The topological polar surface area (TPSA) is 58.9 Å². The lowest BCUT2D eigenvalue weighted by atomic mass is 10.1. The van der Waals surface area contributed by atoms with E-state index in [2.05, 4.69) is 16.0 Å². The van der Waals surface area contributed by atoms with Crippen molar-refractivity contribution in [3.8, 4) is 0 Å². The second kappa shape index (κ2) is 6.55. The maximum atomic E-state index is 11.8. The van der Waals surface area contributed by atoms with Crippen LogP contribution in [0.2, 0.25) is 0 Å². The molecule has 2 aromatic carbocycles. The van der Waals surface area contributed by atoms with Gasteiger partial charge in [-0.3, -0.25) is 9.59 Å². The van der Waals surface area contributed by atoms with Crippen LogP contribution >= 0.6 is 0 Å². The SMILES string of the molecule is Cc1ccccc1C(=O)N=C=NC(=O)c1ccccc1C. The third-order valence-electron chi connectivity index (χ3n) is 3.05. The average molecular weight is 278 g/mol. The van der Waals surface area contributed by atoms with E-state index >= 15 is 0 Å². The predicted molar refractivity (Wildman–Crippen MR) is 80.9 cm³/mol. The molecular weight excluding hydrogens is 264 g/mol. The minimum absolute atomic E-state index is 0.463. The monoisotopic (exact) mass is 278 g/mol. The maximum Gasteiger partial charge on any atom is 0.286 e. The zero-order valence-corrected chi connectivity index (χ0v) is 11.8. The van der Waals surface area contributed by atoms with E-state index in [1.165, 1.54) is 0 Å². The van der Waals surface area contributed by atoms with E-state index in [-0.39, 0.29) is 0 Å². The van der Waals surface area contributed by atoms with Gasteiger partial charge in [0.05, 0.1) is 0 Å². The van der Waals surface area contributed by atoms with Crippen molar-refractivity contribution in [2.45, 2.75) is 13.8 Å². The van der Waals surface area contributed by atoms with Gasteiger partial charge in [0.25, 0.3) is 11.8 Å². The molecule has 0 atom stereocenters. The summed E-state index contributed by atoms with van der Waals surface area (Å²) in [6, 6.07) is 16.4. The van der Waals surface area contributed by atoms with E-state index in [1.807, 2.05) is 38.1 Å². The lowest BCUT2D eigenvalue weighted by molar-refractivity contribution is 0.100. The van der Waals surface area contributed by atoms with E-state index in [0.717, 1.165) is 11.1 Å². The van der Waals surface area contributed by atoms with Crippen molar-refractivity contribution in [2.75, 3.05) is 0 Å². The fourth-order valence-corrected chi connectivity index (χ4v) is 1.86. The largest absolute Gasteiger partial charge is 0.286 e. The Hall–Kier alpha value is -2.84. The Labute approximate surface area is 122 Å². The van der Waals surface area contributed by atoms with Gasteiger partial charge in [-0.05, 0) is 37.1 Å². The van der Waals surface area contributed by atoms with Crippen LogP contribution in [-0.2, 0) is 0 Å². The molecule has 104 valence electrons. The molecule has 0 saturated carbocycles. The second-order valence-electron chi connectivity index (χ2n) is 4.56. The lowest BCUT2D eigenvalue weighted by Crippen LogP contribution is -1.99. The molecule has 0 N–H and O–H groups in total. The average Bonchev–Trinajstić information content (AvgIpc) is 2.48. The van der Waals surface area contributed by atoms with Gasteiger partial charge in [0.1, 0.15) is 6.01 Å². The summed E-state index contributed by atoms with van der Waals surface area (Å²) in [7, 11) is 0. The molecule has 0 spiro atoms. The van der Waals surface area contributed by atoms with Crippen molar-refractivity contribution in [2.24, 2.45) is 9.98 Å². The summed E-state index contributed by atoms with van der Waals surface area (Å²) in [5.74, 6) is -0.927. The van der Waals surface area contributed by atoms with Gasteiger partial charge >= 0.3 is 0 Å². The fraction of sp³-hybridized carbons (Fsp3) is 0.118. The first-order valence-corrected chi connectivity index (χ1v) is 6.46. The molecule has 0 aliphatic carbocycles. The molecule has 0 fully saturated rings. The van der Waals surface area contributed by atoms with Gasteiger partial charge in [0.2, 0.25) is 0 Å². The molecule has 4 nitrogen and oxygen atoms in total. The molecule has 0 saturated heterocycles. The van der Waals surface area contributed by atoms with Gasteiger partial charge in [-0.15, -0.1) is 9.98 Å². The van der Waals surface area contributed by atoms with Gasteiger partial charge in [-0.2, -0.15) is 0 Å². The van der Waals surface area contributed by atoms with Crippen LogP contribution in [0.4, 0.5) is 0 Å². The van der Waals surface area contributed by atoms with Crippen LogP contribution in [-0.4, -0.2) is 17.8 Å². The summed E-state index contributed by atoms with van der Waals surface area (Å²) in [6.07, 6.45) is 0. The van der Waals surface area contributed by atoms with Gasteiger partial charge in [0, 0.05) is 11.1 Å². The zero-order valence-electron chi connectivity index (χ0n) is 11.8. The number of aryl methyl sites for hydroxylation is 2. The van der Waals surface area contributed by atoms with Crippen LogP contribution in [0, 0.1) is 13.8 Å². The van der Waals surface area contributed by atoms with Crippen LogP contribution in [0.25, 0.3) is 0 Å². The first-order chi connectivity index (χ1) is 10.1. The fourth-order valence-electron chi connectivity index (χ4n) is 1.86. The number of rotatable bonds is 2. The van der Waals surface area contributed by atoms with E-state index in [0.29, 0.717) is 11.1 Å². The van der Waals surface area contributed by atoms with Crippen molar-refractivity contribution in [1.29, 1.82) is 0 Å². The number of amides is 2. The summed E-state index contributed by atoms with van der Waals surface area (Å²) in [4.78, 5) is 30.8. The van der Waals surface area contributed by atoms with Crippen LogP contribution in [0.15, 0.2) is 58.5 Å². The van der Waals surface area contributed by atoms with Crippen molar-refractivity contribution in [3.63, 3.8) is 0 Å². The summed E-state index contributed by atoms with van der Waals surface area (Å²) < 4.78 is 0. The van der Waals surface area contributed by atoms with Crippen molar-refractivity contribution in [3.05, 3.63) is 70.8 Å². The van der Waals surface area contributed by atoms with Crippen LogP contribution < -0.4 is 0 Å². The number of benzene rings is 2. The molecule has 0 unspecified atom stereocenters. The molecule has 2 aromatic rings. The van der Waals surface area contributed by atoms with E-state index in [1.54, 1.807) is 24.3 Å². The van der Waals surface area contributed by atoms with E-state index in [4.69, 9.17) is 0 Å². The summed E-state index contributed by atoms with van der Waals surface area (Å²) in [5.41, 5.74) is 2.59. The highest BCUT2D eigenvalue weighted by atomic mass is 16.2. The molecule has 21 heavy (non-hydrogen) atoms. The molecule has 0 aliphatic heterocycles. The number of hydrogen-bond donors (Lipinski definition) is 0. The molecule has 0 aromatic heterocycles. The van der Waals surface area contributed by atoms with Gasteiger partial charge < -0.3 is 0 Å². The zero-order chi connectivity index (χ0) is 15.2. The van der Waals surface area contributed by atoms with Gasteiger partial charge in [0.15, 0.2) is 0 Å². The Kier molecular flexibility index (Phi) is 4.54. The normalized spacial score (nSPS) is 9.62. The summed E-state index contributed by atoms with van der Waals surface area (Å²) >= 11 is 0. The number of nitrogens with zero attached hydrogens (tertiary/aromatic N) is 2. The van der Waals surface area contributed by atoms with Crippen LogP contribution in [0.1, 0.15) is 31.8 Å². The molecule has 0 bridgehead atoms. The Morgan fingerprint density at radius 2 is 1.14 bits per heavy atom. The Balaban J connectivity index is 2.18. The Bertz CT molecular complexity index is 695. The highest BCUT2D eigenvalue weighted by Crippen LogP contribution is 2.09. The van der Waals surface area contributed by atoms with E-state index in [9.17, 15) is 9.59 Å². The molecule has 4 heteroatoms. The minimum atomic E-state index is -0.463. The molecule has 0 heterocycles. The van der Waals surface area contributed by atoms with Gasteiger partial charge in [-0.25, -0.2) is 0 Å². The predicted octanol–water partition coefficient (Wildman–Crippen LogP) is 3.46. The molecular formula is C17H14N2O2. The molecule has 2 rings (SSSR count). The van der Waals surface area contributed by atoms with E-state index < -0.39 is 11.8 Å². The van der Waals surface area contributed by atoms with Crippen LogP contribution in [0.3, 0.4) is 0 Å². The molecule has 0 radical (unpaired) electrons. The number of hydrogen-bond acceptors (Lipinski definition) is 2. The van der Waals surface area contributed by atoms with Crippen molar-refractivity contribution >= 4 is 17.8 Å². The third kappa shape index (κ3) is 3.59. The first-order valence-electron chi connectivity index (χ1n) is 6.46. The second-order valence-corrected chi connectivity index (χ2v) is 4.56. The Morgan fingerprint density at radius 3 is 1.52 bits per heavy atom. The minimum Gasteiger partial charge on any atom is -0.266 e. The highest BCUT2D eigenvalue weighted by molar-refractivity contribution is 6.02. The lowest BCUT2D eigenvalue weighted by Gasteiger charge is -1.98. The standard InChI is InChI=1S/C17H14N2O2/c1-12-7-3-5-9-14(12)16(20)18-11-19-17(21)15-10-6-4-8-13(15)2/h3-10H,1-2H3. The quantitative estimate of drug-likeness (QED) is 0.790. The molecule has 2 amide bonds. The van der Waals surface area contributed by atoms with Crippen molar-refractivity contribution in [1.82, 2.24) is 0 Å². The van der Waals surface area contributed by atoms with Crippen LogP contribution in [0.5, 0.6) is 0 Å². The smallest absolute Gasteiger partial charge is 0.266 e. The van der Waals surface area contributed by atoms with Crippen molar-refractivity contribution < 1.29 is 9.59 Å². The number of carbonyl (C=O) groups is 2. The number of aliphatic imine (C=N–C) groups is 2. The number of carbonyl (C=O) groups excluding carboxylic acids is 2. The highest BCUT2D eigenvalue weighted by Gasteiger charge is 2.07. The van der Waals surface area contributed by atoms with Gasteiger partial charge in [-0.1, -0.05) is 36.4 Å².